The van der Waals surface area contributed by atoms with Gasteiger partial charge in [-0.2, -0.15) is 25.3 Å². The third-order valence-electron chi connectivity index (χ3n) is 11.8. The van der Waals surface area contributed by atoms with Crippen LogP contribution in [-0.2, 0) is 67.0 Å². The van der Waals surface area contributed by atoms with Crippen molar-refractivity contribution in [2.75, 3.05) is 37.1 Å². The van der Waals surface area contributed by atoms with E-state index in [0.29, 0.717) is 44.7 Å². The van der Waals surface area contributed by atoms with Gasteiger partial charge in [0.1, 0.15) is 6.20 Å². The van der Waals surface area contributed by atoms with Gasteiger partial charge in [-0.15, -0.1) is 5.06 Å². The molecule has 3 aliphatic rings. The molecule has 23 heteroatoms. The molecule has 4 heterocycles. The number of aliphatic imine (C=N–C) groups is 1. The van der Waals surface area contributed by atoms with E-state index < -0.39 is 81.3 Å². The summed E-state index contributed by atoms with van der Waals surface area (Å²) in [6.07, 6.45) is 13.4. The molecule has 68 heavy (non-hydrogen) atoms. The second kappa shape index (κ2) is 19.8. The number of aryl methyl sites for hydroxylation is 1. The van der Waals surface area contributed by atoms with Crippen molar-refractivity contribution >= 4 is 71.3 Å². The standard InChI is InChI=1S/C45H49N5O15S3/c1-44(2)35-27-31(42(53)47(4)64-5)29-48(23-11-25-66(55,56)57)41(35)46-37(44)13-9-7-6-8-10-14-38-45(3,32-17-15-30(16-18-32)43(54)65-50-39(51)21-22-40(50)52)34-28-33(68(61,62)63)19-20-36(34)49(38)24-12-26-67(58,59)60/h6-10,13-20,27-29H,11-12,21-26H2,1-5H3,(H2-,55,56,57,58,59,60,61,62,63)/p+1. The van der Waals surface area contributed by atoms with Gasteiger partial charge in [0.15, 0.2) is 5.71 Å². The average Bonchev–Trinajstić information content (AvgIpc) is 3.81. The molecule has 0 saturated carbocycles. The second-order valence-corrected chi connectivity index (χ2v) is 21.3. The van der Waals surface area contributed by atoms with Gasteiger partial charge in [-0.25, -0.2) is 14.4 Å². The maximum absolute atomic E-state index is 13.1. The lowest BCUT2D eigenvalue weighted by Gasteiger charge is -2.31. The Morgan fingerprint density at radius 2 is 1.44 bits per heavy atom. The Hall–Kier alpha value is -6.21. The lowest BCUT2D eigenvalue weighted by atomic mass is 9.75. The van der Waals surface area contributed by atoms with Gasteiger partial charge in [0, 0.05) is 44.2 Å². The monoisotopic (exact) mass is 996 g/mol. The number of fused-ring (bicyclic) bond motifs is 2. The molecule has 0 radical (unpaired) electrons. The van der Waals surface area contributed by atoms with Gasteiger partial charge in [-0.1, -0.05) is 42.5 Å². The number of carbonyl (C=O) groups excluding carboxylic acids is 4. The van der Waals surface area contributed by atoms with E-state index in [1.165, 1.54) is 44.5 Å². The molecule has 20 nitrogen and oxygen atoms in total. The van der Waals surface area contributed by atoms with E-state index in [1.807, 2.05) is 13.8 Å². The highest BCUT2D eigenvalue weighted by atomic mass is 32.2. The first-order chi connectivity index (χ1) is 31.8. The third kappa shape index (κ3) is 11.2. The Labute approximate surface area is 393 Å². The smallest absolute Gasteiger partial charge is 0.344 e. The lowest BCUT2D eigenvalue weighted by molar-refractivity contribution is -0.684. The summed E-state index contributed by atoms with van der Waals surface area (Å²) >= 11 is 0. The summed E-state index contributed by atoms with van der Waals surface area (Å²) < 4.78 is 102. The number of amides is 3. The number of benzene rings is 2. The Morgan fingerprint density at radius 1 is 0.824 bits per heavy atom. The molecule has 3 aromatic rings. The number of rotatable bonds is 18. The van der Waals surface area contributed by atoms with Crippen molar-refractivity contribution in [3.63, 3.8) is 0 Å². The number of aromatic nitrogens is 1. The minimum Gasteiger partial charge on any atom is -0.344 e. The zero-order chi connectivity index (χ0) is 50.0. The van der Waals surface area contributed by atoms with Crippen LogP contribution in [0.1, 0.15) is 83.9 Å². The van der Waals surface area contributed by atoms with Gasteiger partial charge in [0.2, 0.25) is 0 Å². The summed E-state index contributed by atoms with van der Waals surface area (Å²) in [6.45, 7) is 5.78. The van der Waals surface area contributed by atoms with E-state index in [-0.39, 0.29) is 49.9 Å². The first-order valence-corrected chi connectivity index (χ1v) is 25.6. The largest absolute Gasteiger partial charge is 0.363 e. The Morgan fingerprint density at radius 3 is 2.06 bits per heavy atom. The van der Waals surface area contributed by atoms with Crippen molar-refractivity contribution in [1.29, 1.82) is 0 Å². The number of hydrogen-bond donors (Lipinski definition) is 3. The van der Waals surface area contributed by atoms with Gasteiger partial charge in [-0.05, 0) is 91.9 Å². The number of pyridine rings is 1. The minimum absolute atomic E-state index is 0.0103. The topological polar surface area (TPSA) is 276 Å². The van der Waals surface area contributed by atoms with Gasteiger partial charge < -0.3 is 9.74 Å². The number of carbonyl (C=O) groups is 4. The minimum atomic E-state index is -4.70. The second-order valence-electron chi connectivity index (χ2n) is 16.7. The zero-order valence-corrected chi connectivity index (χ0v) is 40.0. The van der Waals surface area contributed by atoms with E-state index >= 15 is 0 Å². The number of anilines is 1. The van der Waals surface area contributed by atoms with Crippen molar-refractivity contribution in [2.24, 2.45) is 4.99 Å². The predicted octanol–water partition coefficient (Wildman–Crippen LogP) is 4.37. The number of hydrogen-bond acceptors (Lipinski definition) is 14. The van der Waals surface area contributed by atoms with Crippen LogP contribution in [0.5, 0.6) is 0 Å². The average molecular weight is 997 g/mol. The zero-order valence-electron chi connectivity index (χ0n) is 37.6. The summed E-state index contributed by atoms with van der Waals surface area (Å²) in [5.74, 6) is -3.30. The SMILES string of the molecule is CON(C)C(=O)c1cc2c([n+](CCCS(=O)(=O)O)c1)N=C(/C=C/C=C/C=C/C=C1/N(CCCS(=O)(=O)O)c3ccc(S(=O)(=O)O)cc3C1(C)c1ccc(C(=O)ON3C(=O)CCC3=O)cc1)C2(C)C. The molecular weight excluding hydrogens is 947 g/mol. The Balaban J connectivity index is 1.33. The summed E-state index contributed by atoms with van der Waals surface area (Å²) in [4.78, 5) is 66.6. The fraction of sp³-hybridized carbons (Fsp3) is 0.333. The van der Waals surface area contributed by atoms with Crippen LogP contribution in [0.25, 0.3) is 0 Å². The molecule has 0 bridgehead atoms. The molecule has 1 unspecified atom stereocenters. The maximum Gasteiger partial charge on any atom is 0.363 e. The van der Waals surface area contributed by atoms with Crippen LogP contribution in [0.4, 0.5) is 11.5 Å². The first-order valence-electron chi connectivity index (χ1n) is 21.0. The number of hydroxylamine groups is 4. The van der Waals surface area contributed by atoms with E-state index in [4.69, 9.17) is 14.7 Å². The maximum atomic E-state index is 13.1. The van der Waals surface area contributed by atoms with Crippen LogP contribution >= 0.6 is 0 Å². The van der Waals surface area contributed by atoms with Crippen LogP contribution < -0.4 is 9.47 Å². The molecule has 0 spiro atoms. The summed E-state index contributed by atoms with van der Waals surface area (Å²) in [5.41, 5.74) is 1.51. The highest BCUT2D eigenvalue weighted by Crippen LogP contribution is 2.52. The van der Waals surface area contributed by atoms with E-state index in [0.717, 1.165) is 5.06 Å². The Bertz CT molecular complexity index is 3040. The van der Waals surface area contributed by atoms with E-state index in [2.05, 4.69) is 0 Å². The number of nitrogens with zero attached hydrogens (tertiary/aromatic N) is 5. The molecule has 362 valence electrons. The van der Waals surface area contributed by atoms with Crippen LogP contribution in [0.3, 0.4) is 0 Å². The van der Waals surface area contributed by atoms with Gasteiger partial charge in [0.25, 0.3) is 48.1 Å². The normalized spacial score (nSPS) is 18.9. The molecule has 1 atom stereocenters. The molecule has 6 rings (SSSR count). The molecule has 2 aromatic carbocycles. The molecular formula is C45H50N5O15S3+. The van der Waals surface area contributed by atoms with Gasteiger partial charge >= 0.3 is 11.8 Å². The van der Waals surface area contributed by atoms with Crippen LogP contribution in [0.2, 0.25) is 0 Å². The molecule has 0 aliphatic carbocycles. The molecule has 3 N–H and O–H groups in total. The molecule has 1 fully saturated rings. The third-order valence-corrected chi connectivity index (χ3v) is 14.2. The van der Waals surface area contributed by atoms with Gasteiger partial charge in [0.05, 0.1) is 57.6 Å². The first kappa shape index (κ1) is 51.2. The van der Waals surface area contributed by atoms with E-state index in [1.54, 1.807) is 83.3 Å². The predicted molar refractivity (Wildman–Crippen MR) is 246 cm³/mol. The number of imide groups is 1. The summed E-state index contributed by atoms with van der Waals surface area (Å²) in [5, 5.41) is 1.48. The summed E-state index contributed by atoms with van der Waals surface area (Å²) in [6, 6.07) is 11.6. The molecule has 3 aliphatic heterocycles. The summed E-state index contributed by atoms with van der Waals surface area (Å²) in [7, 11) is -10.5. The van der Waals surface area contributed by atoms with Crippen LogP contribution in [-0.4, -0.2) is 111 Å². The molecule has 3 amide bonds. The quantitative estimate of drug-likeness (QED) is 0.0525. The Kier molecular flexibility index (Phi) is 14.9. The van der Waals surface area contributed by atoms with Crippen molar-refractivity contribution < 1.29 is 72.3 Å². The number of allylic oxidation sites excluding steroid dienone is 8. The van der Waals surface area contributed by atoms with Crippen LogP contribution in [0.15, 0.2) is 113 Å². The van der Waals surface area contributed by atoms with Crippen molar-refractivity contribution in [3.05, 3.63) is 131 Å². The van der Waals surface area contributed by atoms with E-state index in [9.17, 15) is 58.1 Å². The molecule has 1 aromatic heterocycles. The highest BCUT2D eigenvalue weighted by Gasteiger charge is 2.46. The molecule has 1 saturated heterocycles. The van der Waals surface area contributed by atoms with Crippen molar-refractivity contribution in [1.82, 2.24) is 10.1 Å². The van der Waals surface area contributed by atoms with Gasteiger partial charge in [-0.3, -0.25) is 32.9 Å². The van der Waals surface area contributed by atoms with Crippen molar-refractivity contribution in [2.45, 2.75) is 68.7 Å². The highest BCUT2D eigenvalue weighted by molar-refractivity contribution is 7.86. The van der Waals surface area contributed by atoms with Crippen LogP contribution in [0, 0.1) is 0 Å². The lowest BCUT2D eigenvalue weighted by Crippen LogP contribution is -2.38. The fourth-order valence-electron chi connectivity index (χ4n) is 8.11. The fourth-order valence-corrected chi connectivity index (χ4v) is 9.60. The van der Waals surface area contributed by atoms with Crippen molar-refractivity contribution in [3.8, 4) is 0 Å².